The highest BCUT2D eigenvalue weighted by Gasteiger charge is 2.29. The van der Waals surface area contributed by atoms with Crippen molar-refractivity contribution in [2.75, 3.05) is 6.54 Å². The molecule has 23 heavy (non-hydrogen) atoms. The van der Waals surface area contributed by atoms with Crippen molar-refractivity contribution in [3.8, 4) is 5.75 Å². The summed E-state index contributed by atoms with van der Waals surface area (Å²) < 4.78 is 15.2. The minimum atomic E-state index is -0.622. The molecule has 1 N–H and O–H groups in total. The molecule has 0 atom stereocenters. The van der Waals surface area contributed by atoms with Gasteiger partial charge in [0.05, 0.1) is 9.63 Å². The number of pyridine rings is 1. The number of hydrogen-bond acceptors (Lipinski definition) is 3. The molecule has 8 heteroatoms. The number of aromatic hydroxyl groups is 1. The van der Waals surface area contributed by atoms with Gasteiger partial charge < -0.3 is 14.6 Å². The van der Waals surface area contributed by atoms with Crippen molar-refractivity contribution in [2.45, 2.75) is 13.1 Å². The predicted molar refractivity (Wildman–Crippen MR) is 86.2 cm³/mol. The van der Waals surface area contributed by atoms with E-state index < -0.39 is 22.9 Å². The Labute approximate surface area is 144 Å². The number of halogens is 3. The maximum absolute atomic E-state index is 13.2. The van der Waals surface area contributed by atoms with E-state index in [2.05, 4.69) is 15.9 Å². The number of carbonyl (C=O) groups excluding carboxylic acids is 1. The van der Waals surface area contributed by atoms with E-state index in [1.165, 1.54) is 29.2 Å². The number of rotatable bonds is 2. The highest BCUT2D eigenvalue weighted by atomic mass is 79.9. The molecule has 1 aromatic heterocycles. The lowest BCUT2D eigenvalue weighted by Gasteiger charge is -2.31. The van der Waals surface area contributed by atoms with Gasteiger partial charge in [-0.25, -0.2) is 4.39 Å². The second-order valence-electron chi connectivity index (χ2n) is 5.16. The molecule has 2 heterocycles. The van der Waals surface area contributed by atoms with Gasteiger partial charge in [-0.3, -0.25) is 9.59 Å². The molecule has 2 aromatic rings. The molecule has 0 radical (unpaired) electrons. The number of benzene rings is 1. The zero-order valence-electron chi connectivity index (χ0n) is 11.7. The average Bonchev–Trinajstić information content (AvgIpc) is 2.50. The van der Waals surface area contributed by atoms with Crippen molar-refractivity contribution in [2.24, 2.45) is 0 Å². The summed E-state index contributed by atoms with van der Waals surface area (Å²) >= 11 is 8.97. The van der Waals surface area contributed by atoms with Crippen molar-refractivity contribution in [3.63, 3.8) is 0 Å². The number of aromatic nitrogens is 1. The van der Waals surface area contributed by atoms with Crippen LogP contribution >= 0.6 is 27.5 Å². The second-order valence-corrected chi connectivity index (χ2v) is 6.38. The zero-order chi connectivity index (χ0) is 16.7. The van der Waals surface area contributed by atoms with E-state index in [1.807, 2.05) is 0 Å². The van der Waals surface area contributed by atoms with Crippen LogP contribution in [-0.2, 0) is 13.1 Å². The molecule has 0 saturated heterocycles. The molecule has 1 amide bonds. The van der Waals surface area contributed by atoms with Crippen LogP contribution in [0.25, 0.3) is 0 Å². The van der Waals surface area contributed by atoms with Crippen molar-refractivity contribution in [1.29, 1.82) is 0 Å². The Morgan fingerprint density at radius 2 is 2.00 bits per heavy atom. The Bertz CT molecular complexity index is 869. The predicted octanol–water partition coefficient (Wildman–Crippen LogP) is 2.76. The maximum atomic E-state index is 13.2. The summed E-state index contributed by atoms with van der Waals surface area (Å²) in [6.07, 6.45) is 0. The van der Waals surface area contributed by atoms with E-state index in [9.17, 15) is 19.1 Å². The Morgan fingerprint density at radius 1 is 1.26 bits per heavy atom. The van der Waals surface area contributed by atoms with Crippen molar-refractivity contribution < 1.29 is 14.3 Å². The molecule has 0 spiro atoms. The first-order chi connectivity index (χ1) is 10.9. The summed E-state index contributed by atoms with van der Waals surface area (Å²) in [5, 5.41) is 9.91. The number of carbonyl (C=O) groups is 1. The van der Waals surface area contributed by atoms with Crippen LogP contribution in [-0.4, -0.2) is 27.0 Å². The van der Waals surface area contributed by atoms with Gasteiger partial charge in [-0.2, -0.15) is 0 Å². The van der Waals surface area contributed by atoms with Gasteiger partial charge in [0, 0.05) is 25.7 Å². The standard InChI is InChI=1S/C15H11BrClFN2O3/c16-12-6-11(21)14(22)13-15(23)19(3-4-20(12)13)7-8-1-2-10(18)9(17)5-8/h1-2,5-6,22H,3-4,7H2. The fourth-order valence-electron chi connectivity index (χ4n) is 2.52. The molecule has 3 rings (SSSR count). The molecule has 1 aliphatic rings. The second kappa shape index (κ2) is 5.98. The topological polar surface area (TPSA) is 62.5 Å². The third-order valence-corrected chi connectivity index (χ3v) is 4.62. The van der Waals surface area contributed by atoms with E-state index >= 15 is 0 Å². The van der Waals surface area contributed by atoms with E-state index in [0.717, 1.165) is 0 Å². The Morgan fingerprint density at radius 3 is 2.70 bits per heavy atom. The lowest BCUT2D eigenvalue weighted by atomic mass is 10.1. The fourth-order valence-corrected chi connectivity index (χ4v) is 3.29. The van der Waals surface area contributed by atoms with Gasteiger partial charge in [-0.05, 0) is 33.6 Å². The molecule has 120 valence electrons. The van der Waals surface area contributed by atoms with Crippen LogP contribution in [0.15, 0.2) is 33.7 Å². The molecule has 0 saturated carbocycles. The Kier molecular flexibility index (Phi) is 4.16. The van der Waals surface area contributed by atoms with Crippen molar-refractivity contribution in [3.05, 3.63) is 61.2 Å². The quantitative estimate of drug-likeness (QED) is 0.787. The van der Waals surface area contributed by atoms with E-state index in [0.29, 0.717) is 23.3 Å². The van der Waals surface area contributed by atoms with Gasteiger partial charge in [0.2, 0.25) is 5.43 Å². The summed E-state index contributed by atoms with van der Waals surface area (Å²) in [7, 11) is 0. The van der Waals surface area contributed by atoms with Gasteiger partial charge in [0.15, 0.2) is 11.4 Å². The van der Waals surface area contributed by atoms with Crippen molar-refractivity contribution >= 4 is 33.4 Å². The largest absolute Gasteiger partial charge is 0.503 e. The number of fused-ring (bicyclic) bond motifs is 1. The van der Waals surface area contributed by atoms with Gasteiger partial charge in [0.25, 0.3) is 5.91 Å². The van der Waals surface area contributed by atoms with Crippen LogP contribution in [0.4, 0.5) is 4.39 Å². The maximum Gasteiger partial charge on any atom is 0.274 e. The van der Waals surface area contributed by atoms with E-state index in [1.54, 1.807) is 4.57 Å². The summed E-state index contributed by atoms with van der Waals surface area (Å²) in [6, 6.07) is 5.45. The first-order valence-corrected chi connectivity index (χ1v) is 7.91. The molecule has 1 aliphatic heterocycles. The summed E-state index contributed by atoms with van der Waals surface area (Å²) in [5.41, 5.74) is -0.0120. The number of amides is 1. The van der Waals surface area contributed by atoms with Crippen LogP contribution in [0, 0.1) is 5.82 Å². The van der Waals surface area contributed by atoms with Gasteiger partial charge in [-0.15, -0.1) is 0 Å². The summed E-state index contributed by atoms with van der Waals surface area (Å²) in [5.74, 6) is -1.56. The molecule has 0 aliphatic carbocycles. The first-order valence-electron chi connectivity index (χ1n) is 6.74. The minimum absolute atomic E-state index is 0.0193. The molecule has 1 aromatic carbocycles. The van der Waals surface area contributed by atoms with Crippen LogP contribution in [0.1, 0.15) is 16.1 Å². The smallest absolute Gasteiger partial charge is 0.274 e. The van der Waals surface area contributed by atoms with Crippen LogP contribution in [0.3, 0.4) is 0 Å². The monoisotopic (exact) mass is 400 g/mol. The highest BCUT2D eigenvalue weighted by Crippen LogP contribution is 2.25. The first kappa shape index (κ1) is 16.0. The summed E-state index contributed by atoms with van der Waals surface area (Å²) in [4.78, 5) is 25.7. The van der Waals surface area contributed by atoms with Crippen LogP contribution in [0.2, 0.25) is 5.02 Å². The molecular formula is C15H11BrClFN2O3. The molecular weight excluding hydrogens is 391 g/mol. The molecule has 5 nitrogen and oxygen atoms in total. The van der Waals surface area contributed by atoms with Crippen LogP contribution < -0.4 is 5.43 Å². The average molecular weight is 402 g/mol. The third kappa shape index (κ3) is 2.86. The molecule has 0 bridgehead atoms. The zero-order valence-corrected chi connectivity index (χ0v) is 14.1. The molecule has 0 fully saturated rings. The lowest BCUT2D eigenvalue weighted by molar-refractivity contribution is 0.0681. The Balaban J connectivity index is 1.95. The third-order valence-electron chi connectivity index (χ3n) is 3.68. The fraction of sp³-hybridized carbons (Fsp3) is 0.200. The van der Waals surface area contributed by atoms with Crippen molar-refractivity contribution in [1.82, 2.24) is 9.47 Å². The van der Waals surface area contributed by atoms with Gasteiger partial charge >= 0.3 is 0 Å². The highest BCUT2D eigenvalue weighted by molar-refractivity contribution is 9.10. The SMILES string of the molecule is O=C1c2c(O)c(=O)cc(Br)n2CCN1Cc1ccc(F)c(Cl)c1. The number of hydrogen-bond donors (Lipinski definition) is 1. The minimum Gasteiger partial charge on any atom is -0.503 e. The summed E-state index contributed by atoms with van der Waals surface area (Å²) in [6.45, 7) is 1.02. The van der Waals surface area contributed by atoms with E-state index in [4.69, 9.17) is 11.6 Å². The van der Waals surface area contributed by atoms with E-state index in [-0.39, 0.29) is 17.3 Å². The number of nitrogens with zero attached hydrogens (tertiary/aromatic N) is 2. The normalized spacial score (nSPS) is 14.0. The lowest BCUT2D eigenvalue weighted by Crippen LogP contribution is -2.41. The van der Waals surface area contributed by atoms with Gasteiger partial charge in [-0.1, -0.05) is 17.7 Å². The van der Waals surface area contributed by atoms with Crippen LogP contribution in [0.5, 0.6) is 5.75 Å². The van der Waals surface area contributed by atoms with Gasteiger partial charge in [0.1, 0.15) is 5.82 Å². The molecule has 0 unspecified atom stereocenters. The Hall–Kier alpha value is -1.86.